The van der Waals surface area contributed by atoms with E-state index in [1.807, 2.05) is 22.4 Å². The Bertz CT molecular complexity index is 1370. The lowest BCUT2D eigenvalue weighted by atomic mass is 9.80. The van der Waals surface area contributed by atoms with Crippen LogP contribution in [-0.4, -0.2) is 63.3 Å². The van der Waals surface area contributed by atoms with Crippen molar-refractivity contribution in [3.8, 4) is 0 Å². The standard InChI is InChI=1S/C30H38N6O2/c1-19-7-9-21-10-8-20(2)31-11-13-34(3)29-18-25(22-15-23(37)16-22)32-28-17-26(33-36(28)29)27-6-4-5-12-35(27)30(38)24(21)14-19/h7,9,14,17-18,22-23,27,31,37H,2,4-6,8,10-13,15-16H2,1,3H3. The van der Waals surface area contributed by atoms with Crippen LogP contribution in [0.15, 0.2) is 42.6 Å². The Hall–Kier alpha value is -3.39. The lowest BCUT2D eigenvalue weighted by Crippen LogP contribution is -2.39. The topological polar surface area (TPSA) is 86.0 Å². The van der Waals surface area contributed by atoms with E-state index in [4.69, 9.17) is 10.1 Å². The molecule has 1 saturated carbocycles. The number of aromatic nitrogens is 3. The fourth-order valence-electron chi connectivity index (χ4n) is 6.10. The second-order valence-corrected chi connectivity index (χ2v) is 11.3. The molecule has 200 valence electrons. The van der Waals surface area contributed by atoms with Crippen molar-refractivity contribution in [3.05, 3.63) is 70.7 Å². The summed E-state index contributed by atoms with van der Waals surface area (Å²) in [6, 6.07) is 10.4. The molecule has 1 atom stereocenters. The number of piperidine rings is 1. The Morgan fingerprint density at radius 1 is 1.08 bits per heavy atom. The predicted octanol–water partition coefficient (Wildman–Crippen LogP) is 4.13. The molecule has 38 heavy (non-hydrogen) atoms. The number of carbonyl (C=O) groups is 1. The number of aliphatic hydroxyl groups is 1. The summed E-state index contributed by atoms with van der Waals surface area (Å²) in [6.45, 7) is 8.56. The van der Waals surface area contributed by atoms with Crippen LogP contribution in [0, 0.1) is 6.92 Å². The van der Waals surface area contributed by atoms with Gasteiger partial charge in [-0.05, 0) is 63.5 Å². The van der Waals surface area contributed by atoms with Crippen LogP contribution in [0.2, 0.25) is 0 Å². The van der Waals surface area contributed by atoms with E-state index in [0.717, 1.165) is 110 Å². The third kappa shape index (κ3) is 4.66. The van der Waals surface area contributed by atoms with E-state index < -0.39 is 0 Å². The summed E-state index contributed by atoms with van der Waals surface area (Å²) in [7, 11) is 2.08. The number of hydrogen-bond donors (Lipinski definition) is 2. The average Bonchev–Trinajstić information content (AvgIpc) is 3.33. The molecule has 1 saturated heterocycles. The number of anilines is 1. The van der Waals surface area contributed by atoms with Gasteiger partial charge in [0.2, 0.25) is 0 Å². The monoisotopic (exact) mass is 514 g/mol. The lowest BCUT2D eigenvalue weighted by molar-refractivity contribution is 0.0604. The van der Waals surface area contributed by atoms with E-state index in [2.05, 4.69) is 48.1 Å². The molecule has 8 nitrogen and oxygen atoms in total. The Balaban J connectivity index is 1.46. The minimum absolute atomic E-state index is 0.0806. The molecule has 1 amide bonds. The molecule has 2 bridgehead atoms. The van der Waals surface area contributed by atoms with Crippen molar-refractivity contribution in [2.24, 2.45) is 0 Å². The van der Waals surface area contributed by atoms with Crippen LogP contribution < -0.4 is 10.2 Å². The van der Waals surface area contributed by atoms with E-state index in [9.17, 15) is 9.90 Å². The normalized spacial score (nSPS) is 24.7. The first kappa shape index (κ1) is 24.9. The van der Waals surface area contributed by atoms with Gasteiger partial charge in [0.1, 0.15) is 5.82 Å². The molecule has 3 aromatic rings. The first-order valence-electron chi connectivity index (χ1n) is 14.0. The Labute approximate surface area is 224 Å². The van der Waals surface area contributed by atoms with E-state index in [-0.39, 0.29) is 24.0 Å². The molecule has 2 N–H and O–H groups in total. The molecule has 8 heteroatoms. The van der Waals surface area contributed by atoms with Crippen LogP contribution in [0.25, 0.3) is 5.65 Å². The quantitative estimate of drug-likeness (QED) is 0.508. The molecule has 1 aliphatic carbocycles. The van der Waals surface area contributed by atoms with Crippen molar-refractivity contribution in [2.75, 3.05) is 31.6 Å². The lowest BCUT2D eigenvalue weighted by Gasteiger charge is -2.35. The van der Waals surface area contributed by atoms with Crippen molar-refractivity contribution in [2.45, 2.75) is 69.9 Å². The summed E-state index contributed by atoms with van der Waals surface area (Å²) < 4.78 is 1.93. The third-order valence-electron chi connectivity index (χ3n) is 8.49. The first-order valence-corrected chi connectivity index (χ1v) is 14.0. The van der Waals surface area contributed by atoms with Gasteiger partial charge in [-0.15, -0.1) is 0 Å². The van der Waals surface area contributed by atoms with E-state index in [1.54, 1.807) is 0 Å². The van der Waals surface area contributed by atoms with Crippen molar-refractivity contribution >= 4 is 17.4 Å². The maximum atomic E-state index is 14.1. The number of allylic oxidation sites excluding steroid dienone is 1. The van der Waals surface area contributed by atoms with Gasteiger partial charge in [-0.25, -0.2) is 4.98 Å². The van der Waals surface area contributed by atoms with Gasteiger partial charge in [0.05, 0.1) is 17.8 Å². The number of hydrogen-bond acceptors (Lipinski definition) is 6. The zero-order valence-electron chi connectivity index (χ0n) is 22.5. The highest BCUT2D eigenvalue weighted by Crippen LogP contribution is 2.38. The fourth-order valence-corrected chi connectivity index (χ4v) is 6.10. The number of fused-ring (bicyclic) bond motifs is 4. The number of carbonyl (C=O) groups excluding carboxylic acids is 1. The molecule has 0 spiro atoms. The molecule has 2 aromatic heterocycles. The number of likely N-dealkylation sites (N-methyl/N-ethyl adjacent to an activating group) is 1. The highest BCUT2D eigenvalue weighted by atomic mass is 16.3. The third-order valence-corrected chi connectivity index (χ3v) is 8.49. The number of aryl methyl sites for hydroxylation is 2. The highest BCUT2D eigenvalue weighted by molar-refractivity contribution is 5.96. The van der Waals surface area contributed by atoms with Crippen molar-refractivity contribution in [1.29, 1.82) is 0 Å². The number of benzene rings is 1. The highest BCUT2D eigenvalue weighted by Gasteiger charge is 2.34. The zero-order chi connectivity index (χ0) is 26.4. The van der Waals surface area contributed by atoms with Crippen LogP contribution in [0.1, 0.15) is 83.4 Å². The molecular formula is C30H38N6O2. The summed E-state index contributed by atoms with van der Waals surface area (Å²) in [6.07, 6.45) is 5.78. The SMILES string of the molecule is C=C1CCc2ccc(C)cc2C(=O)N2CCCCC2c2cc3nc(C4CC(O)C4)cc(n3n2)N(C)CCN1. The molecule has 1 unspecified atom stereocenters. The van der Waals surface area contributed by atoms with Crippen molar-refractivity contribution in [3.63, 3.8) is 0 Å². The molecule has 3 aliphatic rings. The fraction of sp³-hybridized carbons (Fsp3) is 0.500. The molecule has 0 radical (unpaired) electrons. The second-order valence-electron chi connectivity index (χ2n) is 11.3. The minimum Gasteiger partial charge on any atom is -0.393 e. The summed E-state index contributed by atoms with van der Waals surface area (Å²) >= 11 is 0. The number of nitrogens with zero attached hydrogens (tertiary/aromatic N) is 5. The summed E-state index contributed by atoms with van der Waals surface area (Å²) in [5.41, 5.74) is 6.65. The van der Waals surface area contributed by atoms with Crippen LogP contribution in [0.3, 0.4) is 0 Å². The average molecular weight is 515 g/mol. The smallest absolute Gasteiger partial charge is 0.254 e. The minimum atomic E-state index is -0.238. The van der Waals surface area contributed by atoms with Crippen molar-refractivity contribution in [1.82, 2.24) is 24.8 Å². The summed E-state index contributed by atoms with van der Waals surface area (Å²) in [5.74, 6) is 1.33. The van der Waals surface area contributed by atoms with Crippen molar-refractivity contribution < 1.29 is 9.90 Å². The van der Waals surface area contributed by atoms with Gasteiger partial charge in [0.15, 0.2) is 5.65 Å². The maximum Gasteiger partial charge on any atom is 0.254 e. The number of rotatable bonds is 1. The van der Waals surface area contributed by atoms with E-state index >= 15 is 0 Å². The van der Waals surface area contributed by atoms with Crippen LogP contribution in [0.4, 0.5) is 5.82 Å². The molecule has 2 fully saturated rings. The van der Waals surface area contributed by atoms with Crippen LogP contribution in [0.5, 0.6) is 0 Å². The molecular weight excluding hydrogens is 476 g/mol. The summed E-state index contributed by atoms with van der Waals surface area (Å²) in [5, 5.41) is 18.5. The van der Waals surface area contributed by atoms with Crippen LogP contribution in [-0.2, 0) is 6.42 Å². The molecule has 4 heterocycles. The Morgan fingerprint density at radius 3 is 2.74 bits per heavy atom. The van der Waals surface area contributed by atoms with Gasteiger partial charge < -0.3 is 20.2 Å². The molecule has 1 aromatic carbocycles. The van der Waals surface area contributed by atoms with Gasteiger partial charge in [-0.3, -0.25) is 4.79 Å². The molecule has 6 rings (SSSR count). The van der Waals surface area contributed by atoms with Gasteiger partial charge in [0.25, 0.3) is 5.91 Å². The van der Waals surface area contributed by atoms with Crippen LogP contribution >= 0.6 is 0 Å². The second kappa shape index (κ2) is 10.1. The number of nitrogens with one attached hydrogen (secondary N) is 1. The number of amides is 1. The van der Waals surface area contributed by atoms with E-state index in [0.29, 0.717) is 0 Å². The van der Waals surface area contributed by atoms with Gasteiger partial charge in [0, 0.05) is 61.7 Å². The zero-order valence-corrected chi connectivity index (χ0v) is 22.5. The Kier molecular flexibility index (Phi) is 6.60. The Morgan fingerprint density at radius 2 is 1.92 bits per heavy atom. The number of aliphatic hydroxyl groups excluding tert-OH is 1. The first-order chi connectivity index (χ1) is 18.4. The molecule has 2 aliphatic heterocycles. The van der Waals surface area contributed by atoms with Gasteiger partial charge >= 0.3 is 0 Å². The predicted molar refractivity (Wildman–Crippen MR) is 149 cm³/mol. The summed E-state index contributed by atoms with van der Waals surface area (Å²) in [4.78, 5) is 23.3. The van der Waals surface area contributed by atoms with Gasteiger partial charge in [-0.1, -0.05) is 24.3 Å². The van der Waals surface area contributed by atoms with Gasteiger partial charge in [-0.2, -0.15) is 9.61 Å². The van der Waals surface area contributed by atoms with E-state index in [1.165, 1.54) is 0 Å². The largest absolute Gasteiger partial charge is 0.393 e. The maximum absolute atomic E-state index is 14.1.